The first-order chi connectivity index (χ1) is 13.6. The SMILES string of the molecule is CC(C(=O)CC[C@@H]1[C@H](C/C=C\CCCC(=O)O)[C@@H]2CC[C@H]1O2)c1ccccc1. The lowest BCUT2D eigenvalue weighted by Crippen LogP contribution is -2.27. The van der Waals surface area contributed by atoms with Crippen molar-refractivity contribution in [1.82, 2.24) is 0 Å². The van der Waals surface area contributed by atoms with Crippen LogP contribution < -0.4 is 0 Å². The Morgan fingerprint density at radius 1 is 1.11 bits per heavy atom. The summed E-state index contributed by atoms with van der Waals surface area (Å²) in [6.07, 6.45) is 11.4. The summed E-state index contributed by atoms with van der Waals surface area (Å²) in [7, 11) is 0. The number of rotatable bonds is 11. The standard InChI is InChI=1S/C24H32O4/c1-17(18-9-5-4-6-10-18)21(25)14-13-20-19(22-15-16-23(20)28-22)11-7-2-3-8-12-24(26)27/h2,4-7,9-10,17,19-20,22-23H,3,8,11-16H2,1H3,(H,26,27)/b7-2-/t17?,19-,20+,22-,23+/m0/s1. The first-order valence-electron chi connectivity index (χ1n) is 10.7. The van der Waals surface area contributed by atoms with Gasteiger partial charge in [-0.3, -0.25) is 9.59 Å². The van der Waals surface area contributed by atoms with Crippen LogP contribution in [-0.2, 0) is 14.3 Å². The van der Waals surface area contributed by atoms with Crippen molar-refractivity contribution in [2.75, 3.05) is 0 Å². The number of unbranched alkanes of at least 4 members (excludes halogenated alkanes) is 1. The molecule has 2 bridgehead atoms. The zero-order valence-corrected chi connectivity index (χ0v) is 16.8. The van der Waals surface area contributed by atoms with Gasteiger partial charge < -0.3 is 9.84 Å². The first kappa shape index (κ1) is 20.8. The Bertz CT molecular complexity index is 681. The lowest BCUT2D eigenvalue weighted by molar-refractivity contribution is -0.137. The number of carbonyl (C=O) groups excluding carboxylic acids is 1. The van der Waals surface area contributed by atoms with Crippen molar-refractivity contribution in [1.29, 1.82) is 0 Å². The molecular weight excluding hydrogens is 352 g/mol. The molecule has 0 aromatic heterocycles. The van der Waals surface area contributed by atoms with Gasteiger partial charge in [0.2, 0.25) is 0 Å². The molecule has 1 unspecified atom stereocenters. The van der Waals surface area contributed by atoms with Crippen molar-refractivity contribution in [3.8, 4) is 0 Å². The number of carboxylic acid groups (broad SMARTS) is 1. The van der Waals surface area contributed by atoms with Gasteiger partial charge in [-0.15, -0.1) is 0 Å². The Morgan fingerprint density at radius 3 is 2.54 bits per heavy atom. The average molecular weight is 385 g/mol. The van der Waals surface area contributed by atoms with Crippen LogP contribution in [0.3, 0.4) is 0 Å². The van der Waals surface area contributed by atoms with Crippen molar-refractivity contribution >= 4 is 11.8 Å². The predicted molar refractivity (Wildman–Crippen MR) is 109 cm³/mol. The van der Waals surface area contributed by atoms with Crippen LogP contribution in [0.5, 0.6) is 0 Å². The van der Waals surface area contributed by atoms with Crippen molar-refractivity contribution in [3.05, 3.63) is 48.0 Å². The van der Waals surface area contributed by atoms with E-state index >= 15 is 0 Å². The highest BCUT2D eigenvalue weighted by Gasteiger charge is 2.47. The smallest absolute Gasteiger partial charge is 0.303 e. The third-order valence-electron chi connectivity index (χ3n) is 6.43. The maximum absolute atomic E-state index is 12.7. The molecule has 1 aromatic rings. The lowest BCUT2D eigenvalue weighted by Gasteiger charge is -2.27. The number of hydrogen-bond acceptors (Lipinski definition) is 3. The zero-order chi connectivity index (χ0) is 19.9. The molecule has 2 aliphatic heterocycles. The van der Waals surface area contributed by atoms with Gasteiger partial charge in [0.15, 0.2) is 0 Å². The molecular formula is C24H32O4. The molecule has 1 aromatic carbocycles. The van der Waals surface area contributed by atoms with E-state index in [1.165, 1.54) is 0 Å². The summed E-state index contributed by atoms with van der Waals surface area (Å²) in [5, 5.41) is 8.70. The molecule has 2 saturated heterocycles. The molecule has 2 fully saturated rings. The molecule has 0 spiro atoms. The molecule has 0 amide bonds. The minimum absolute atomic E-state index is 0.0479. The molecule has 0 saturated carbocycles. The number of carbonyl (C=O) groups is 2. The first-order valence-corrected chi connectivity index (χ1v) is 10.7. The second kappa shape index (κ2) is 10.0. The zero-order valence-electron chi connectivity index (χ0n) is 16.8. The third kappa shape index (κ3) is 5.32. The van der Waals surface area contributed by atoms with Crippen molar-refractivity contribution in [3.63, 3.8) is 0 Å². The van der Waals surface area contributed by atoms with E-state index in [0.717, 1.165) is 37.7 Å². The van der Waals surface area contributed by atoms with E-state index in [2.05, 4.69) is 12.2 Å². The predicted octanol–water partition coefficient (Wildman–Crippen LogP) is 5.13. The van der Waals surface area contributed by atoms with Crippen LogP contribution >= 0.6 is 0 Å². The molecule has 4 nitrogen and oxygen atoms in total. The number of Topliss-reactive ketones (excluding diaryl/α,β-unsaturated/α-hetero) is 1. The van der Waals surface area contributed by atoms with Gasteiger partial charge in [-0.1, -0.05) is 49.4 Å². The number of fused-ring (bicyclic) bond motifs is 2. The minimum Gasteiger partial charge on any atom is -0.481 e. The van der Waals surface area contributed by atoms with E-state index < -0.39 is 5.97 Å². The van der Waals surface area contributed by atoms with E-state index in [-0.39, 0.29) is 12.3 Å². The highest BCUT2D eigenvalue weighted by molar-refractivity contribution is 5.85. The molecule has 2 heterocycles. The van der Waals surface area contributed by atoms with E-state index in [9.17, 15) is 9.59 Å². The maximum atomic E-state index is 12.7. The van der Waals surface area contributed by atoms with Gasteiger partial charge >= 0.3 is 5.97 Å². The van der Waals surface area contributed by atoms with Gasteiger partial charge in [0.05, 0.1) is 12.2 Å². The van der Waals surface area contributed by atoms with Gasteiger partial charge in [0.1, 0.15) is 5.78 Å². The Hall–Kier alpha value is -1.94. The van der Waals surface area contributed by atoms with Crippen LogP contribution in [0, 0.1) is 11.8 Å². The Balaban J connectivity index is 1.48. The largest absolute Gasteiger partial charge is 0.481 e. The molecule has 0 aliphatic carbocycles. The fourth-order valence-corrected chi connectivity index (χ4v) is 4.79. The van der Waals surface area contributed by atoms with Gasteiger partial charge in [0.25, 0.3) is 0 Å². The van der Waals surface area contributed by atoms with Gasteiger partial charge in [-0.25, -0.2) is 0 Å². The van der Waals surface area contributed by atoms with E-state index in [1.54, 1.807) is 0 Å². The Labute approximate surface area is 168 Å². The normalized spacial score (nSPS) is 27.3. The molecule has 0 radical (unpaired) electrons. The quantitative estimate of drug-likeness (QED) is 0.424. The Kier molecular flexibility index (Phi) is 7.43. The second-order valence-electron chi connectivity index (χ2n) is 8.25. The summed E-state index contributed by atoms with van der Waals surface area (Å²) in [6, 6.07) is 10.0. The summed E-state index contributed by atoms with van der Waals surface area (Å²) in [4.78, 5) is 23.3. The molecule has 3 rings (SSSR count). The lowest BCUT2D eigenvalue weighted by atomic mass is 9.74. The summed E-state index contributed by atoms with van der Waals surface area (Å²) in [6.45, 7) is 2.01. The Morgan fingerprint density at radius 2 is 1.82 bits per heavy atom. The molecule has 5 atom stereocenters. The number of ether oxygens (including phenoxy) is 1. The van der Waals surface area contributed by atoms with Crippen LogP contribution in [-0.4, -0.2) is 29.1 Å². The minimum atomic E-state index is -0.732. The number of benzene rings is 1. The third-order valence-corrected chi connectivity index (χ3v) is 6.43. The number of allylic oxidation sites excluding steroid dienone is 2. The molecule has 2 aliphatic rings. The van der Waals surface area contributed by atoms with Crippen molar-refractivity contribution in [2.45, 2.75) is 76.4 Å². The highest BCUT2D eigenvalue weighted by Crippen LogP contribution is 2.47. The van der Waals surface area contributed by atoms with Crippen molar-refractivity contribution in [2.24, 2.45) is 11.8 Å². The molecule has 152 valence electrons. The fourth-order valence-electron chi connectivity index (χ4n) is 4.79. The second-order valence-corrected chi connectivity index (χ2v) is 8.25. The summed E-state index contributed by atoms with van der Waals surface area (Å²) in [5.74, 6) is 0.498. The van der Waals surface area contributed by atoms with Crippen LogP contribution in [0.25, 0.3) is 0 Å². The van der Waals surface area contributed by atoms with E-state index in [1.807, 2.05) is 37.3 Å². The van der Waals surface area contributed by atoms with Gasteiger partial charge in [-0.2, -0.15) is 0 Å². The average Bonchev–Trinajstić information content (AvgIpc) is 3.30. The van der Waals surface area contributed by atoms with Gasteiger partial charge in [0, 0.05) is 18.8 Å². The monoisotopic (exact) mass is 384 g/mol. The molecule has 1 N–H and O–H groups in total. The van der Waals surface area contributed by atoms with Gasteiger partial charge in [-0.05, 0) is 55.9 Å². The molecule has 4 heteroatoms. The molecule has 28 heavy (non-hydrogen) atoms. The maximum Gasteiger partial charge on any atom is 0.303 e. The topological polar surface area (TPSA) is 63.6 Å². The van der Waals surface area contributed by atoms with Crippen LogP contribution in [0.1, 0.15) is 69.8 Å². The fraction of sp³-hybridized carbons (Fsp3) is 0.583. The van der Waals surface area contributed by atoms with E-state index in [0.29, 0.717) is 42.7 Å². The van der Waals surface area contributed by atoms with E-state index in [4.69, 9.17) is 9.84 Å². The number of carboxylic acids is 1. The van der Waals surface area contributed by atoms with Crippen LogP contribution in [0.2, 0.25) is 0 Å². The number of hydrogen-bond donors (Lipinski definition) is 1. The highest BCUT2D eigenvalue weighted by atomic mass is 16.5. The number of aliphatic carboxylic acids is 1. The number of ketones is 1. The van der Waals surface area contributed by atoms with Crippen LogP contribution in [0.4, 0.5) is 0 Å². The van der Waals surface area contributed by atoms with Crippen LogP contribution in [0.15, 0.2) is 42.5 Å². The summed E-state index contributed by atoms with van der Waals surface area (Å²) < 4.78 is 6.16. The van der Waals surface area contributed by atoms with Crippen molar-refractivity contribution < 1.29 is 19.4 Å². The summed E-state index contributed by atoms with van der Waals surface area (Å²) >= 11 is 0. The summed E-state index contributed by atoms with van der Waals surface area (Å²) in [5.41, 5.74) is 1.09.